The third-order valence-electron chi connectivity index (χ3n) is 5.77. The van der Waals surface area contributed by atoms with Crippen molar-refractivity contribution in [2.24, 2.45) is 11.7 Å². The normalized spacial score (nSPS) is 32.4. The minimum atomic E-state index is -0.645. The van der Waals surface area contributed by atoms with Gasteiger partial charge in [0.05, 0.1) is 12.1 Å². The summed E-state index contributed by atoms with van der Waals surface area (Å²) >= 11 is 0. The molecule has 0 bridgehead atoms. The van der Waals surface area contributed by atoms with Crippen LogP contribution in [0.25, 0.3) is 0 Å². The summed E-state index contributed by atoms with van der Waals surface area (Å²) in [5, 5.41) is 11.2. The summed E-state index contributed by atoms with van der Waals surface area (Å²) in [6.45, 7) is 1.13. The van der Waals surface area contributed by atoms with Gasteiger partial charge in [0.2, 0.25) is 12.7 Å². The topological polar surface area (TPSA) is 85.0 Å². The fourth-order valence-electron chi connectivity index (χ4n) is 4.66. The van der Waals surface area contributed by atoms with Crippen molar-refractivity contribution >= 4 is 5.91 Å². The van der Waals surface area contributed by atoms with Crippen LogP contribution in [0, 0.1) is 5.92 Å². The van der Waals surface area contributed by atoms with Crippen LogP contribution in [0.4, 0.5) is 0 Å². The molecule has 1 saturated heterocycles. The van der Waals surface area contributed by atoms with E-state index in [1.807, 2.05) is 18.2 Å². The van der Waals surface area contributed by atoms with E-state index in [1.165, 1.54) is 0 Å². The molecule has 130 valence electrons. The number of ether oxygens (including phenoxy) is 2. The Labute approximate surface area is 141 Å². The van der Waals surface area contributed by atoms with Gasteiger partial charge in [-0.1, -0.05) is 18.9 Å². The van der Waals surface area contributed by atoms with Crippen LogP contribution < -0.4 is 15.2 Å². The first-order valence-corrected chi connectivity index (χ1v) is 8.71. The number of aliphatic hydroxyl groups is 1. The average Bonchev–Trinajstić information content (AvgIpc) is 3.02. The zero-order valence-corrected chi connectivity index (χ0v) is 13.7. The predicted molar refractivity (Wildman–Crippen MR) is 87.6 cm³/mol. The van der Waals surface area contributed by atoms with E-state index in [0.29, 0.717) is 13.0 Å². The maximum atomic E-state index is 11.5. The molecule has 1 aromatic carbocycles. The number of hydrogen-bond donors (Lipinski definition) is 2. The molecule has 1 amide bonds. The van der Waals surface area contributed by atoms with E-state index in [-0.39, 0.29) is 31.2 Å². The zero-order chi connectivity index (χ0) is 16.7. The molecule has 0 unspecified atom stereocenters. The summed E-state index contributed by atoms with van der Waals surface area (Å²) in [7, 11) is 0. The van der Waals surface area contributed by atoms with Crippen molar-refractivity contribution in [3.8, 4) is 11.5 Å². The van der Waals surface area contributed by atoms with Gasteiger partial charge in [0.25, 0.3) is 0 Å². The van der Waals surface area contributed by atoms with Gasteiger partial charge >= 0.3 is 0 Å². The second-order valence-corrected chi connectivity index (χ2v) is 7.20. The number of fused-ring (bicyclic) bond motifs is 2. The highest BCUT2D eigenvalue weighted by Gasteiger charge is 2.49. The number of primary amides is 1. The first kappa shape index (κ1) is 15.7. The Morgan fingerprint density at radius 3 is 2.96 bits per heavy atom. The maximum absolute atomic E-state index is 11.5. The van der Waals surface area contributed by atoms with E-state index in [0.717, 1.165) is 42.7 Å². The minimum absolute atomic E-state index is 0.0222. The van der Waals surface area contributed by atoms with Gasteiger partial charge in [0.1, 0.15) is 0 Å². The van der Waals surface area contributed by atoms with E-state index in [4.69, 9.17) is 15.2 Å². The van der Waals surface area contributed by atoms with Gasteiger partial charge in [-0.3, -0.25) is 9.69 Å². The molecule has 0 aromatic heterocycles. The van der Waals surface area contributed by atoms with E-state index >= 15 is 0 Å². The summed E-state index contributed by atoms with van der Waals surface area (Å²) in [6, 6.07) is 5.90. The van der Waals surface area contributed by atoms with Crippen LogP contribution >= 0.6 is 0 Å². The van der Waals surface area contributed by atoms with Crippen molar-refractivity contribution in [2.75, 3.05) is 19.9 Å². The summed E-state index contributed by atoms with van der Waals surface area (Å²) in [5.74, 6) is 1.26. The maximum Gasteiger partial charge on any atom is 0.231 e. The van der Waals surface area contributed by atoms with Crippen molar-refractivity contribution in [2.45, 2.75) is 43.7 Å². The first-order chi connectivity index (χ1) is 11.6. The first-order valence-electron chi connectivity index (χ1n) is 8.71. The summed E-state index contributed by atoms with van der Waals surface area (Å²) in [5.41, 5.74) is 5.88. The van der Waals surface area contributed by atoms with Crippen molar-refractivity contribution in [1.82, 2.24) is 4.90 Å². The monoisotopic (exact) mass is 332 g/mol. The molecule has 1 aliphatic carbocycles. The second-order valence-electron chi connectivity index (χ2n) is 7.20. The smallest absolute Gasteiger partial charge is 0.231 e. The van der Waals surface area contributed by atoms with E-state index in [9.17, 15) is 9.90 Å². The highest BCUT2D eigenvalue weighted by molar-refractivity contribution is 5.76. The van der Waals surface area contributed by atoms with Gasteiger partial charge in [-0.25, -0.2) is 0 Å². The lowest BCUT2D eigenvalue weighted by atomic mass is 9.66. The lowest BCUT2D eigenvalue weighted by molar-refractivity contribution is -0.136. The number of rotatable bonds is 3. The third-order valence-corrected chi connectivity index (χ3v) is 5.77. The SMILES string of the molecule is NC(=O)CN1CC[C@]2(O)CCCC[C@@H]2[C@@H]1c1ccc2c(c1)OCO2. The number of nitrogens with zero attached hydrogens (tertiary/aromatic N) is 1. The molecule has 0 radical (unpaired) electrons. The highest BCUT2D eigenvalue weighted by Crippen LogP contribution is 2.50. The molecule has 24 heavy (non-hydrogen) atoms. The van der Waals surface area contributed by atoms with Gasteiger partial charge in [0, 0.05) is 18.5 Å². The molecule has 3 N–H and O–H groups in total. The molecular weight excluding hydrogens is 308 g/mol. The molecule has 6 heteroatoms. The van der Waals surface area contributed by atoms with Crippen LogP contribution in [0.15, 0.2) is 18.2 Å². The molecule has 1 aromatic rings. The van der Waals surface area contributed by atoms with Crippen molar-refractivity contribution in [3.05, 3.63) is 23.8 Å². The largest absolute Gasteiger partial charge is 0.454 e. The highest BCUT2D eigenvalue weighted by atomic mass is 16.7. The number of piperidine rings is 1. The fraction of sp³-hybridized carbons (Fsp3) is 0.611. The number of likely N-dealkylation sites (tertiary alicyclic amines) is 1. The number of carbonyl (C=O) groups excluding carboxylic acids is 1. The van der Waals surface area contributed by atoms with E-state index < -0.39 is 5.60 Å². The molecule has 2 heterocycles. The molecular formula is C18H24N2O4. The number of amides is 1. The van der Waals surface area contributed by atoms with Crippen LogP contribution in [0.3, 0.4) is 0 Å². The summed E-state index contributed by atoms with van der Waals surface area (Å²) in [6.07, 6.45) is 4.68. The van der Waals surface area contributed by atoms with Crippen LogP contribution in [-0.4, -0.2) is 41.4 Å². The number of nitrogens with two attached hydrogens (primary N) is 1. The van der Waals surface area contributed by atoms with Gasteiger partial charge in [-0.2, -0.15) is 0 Å². The Morgan fingerprint density at radius 2 is 2.12 bits per heavy atom. The molecule has 4 rings (SSSR count). The van der Waals surface area contributed by atoms with Gasteiger partial charge in [-0.15, -0.1) is 0 Å². The Hall–Kier alpha value is -1.79. The number of carbonyl (C=O) groups is 1. The van der Waals surface area contributed by atoms with E-state index in [2.05, 4.69) is 4.90 Å². The van der Waals surface area contributed by atoms with Gasteiger partial charge in [-0.05, 0) is 37.0 Å². The Balaban J connectivity index is 1.72. The lowest BCUT2D eigenvalue weighted by Gasteiger charge is -2.52. The van der Waals surface area contributed by atoms with Gasteiger partial charge < -0.3 is 20.3 Å². The van der Waals surface area contributed by atoms with Crippen molar-refractivity contribution in [1.29, 1.82) is 0 Å². The van der Waals surface area contributed by atoms with Crippen molar-refractivity contribution in [3.63, 3.8) is 0 Å². The Bertz CT molecular complexity index is 650. The number of benzene rings is 1. The Kier molecular flexibility index (Phi) is 3.89. The molecule has 2 aliphatic heterocycles. The molecule has 1 saturated carbocycles. The molecule has 3 atom stereocenters. The lowest BCUT2D eigenvalue weighted by Crippen LogP contribution is -2.56. The molecule has 2 fully saturated rings. The standard InChI is InChI=1S/C18H24N2O4/c19-16(21)10-20-8-7-18(22)6-2-1-3-13(18)17(20)12-4-5-14-15(9-12)24-11-23-14/h4-5,9,13,17,22H,1-3,6-8,10-11H2,(H2,19,21)/t13-,17+,18-/m1/s1. The molecule has 3 aliphatic rings. The van der Waals surface area contributed by atoms with Crippen LogP contribution in [0.1, 0.15) is 43.7 Å². The average molecular weight is 332 g/mol. The Morgan fingerprint density at radius 1 is 1.29 bits per heavy atom. The number of hydrogen-bond acceptors (Lipinski definition) is 5. The molecule has 6 nitrogen and oxygen atoms in total. The predicted octanol–water partition coefficient (Wildman–Crippen LogP) is 1.57. The zero-order valence-electron chi connectivity index (χ0n) is 13.7. The minimum Gasteiger partial charge on any atom is -0.454 e. The summed E-state index contributed by atoms with van der Waals surface area (Å²) in [4.78, 5) is 13.7. The third kappa shape index (κ3) is 2.63. The fourth-order valence-corrected chi connectivity index (χ4v) is 4.66. The van der Waals surface area contributed by atoms with E-state index in [1.54, 1.807) is 0 Å². The van der Waals surface area contributed by atoms with Crippen LogP contribution in [0.5, 0.6) is 11.5 Å². The summed E-state index contributed by atoms with van der Waals surface area (Å²) < 4.78 is 10.9. The van der Waals surface area contributed by atoms with Crippen LogP contribution in [0.2, 0.25) is 0 Å². The van der Waals surface area contributed by atoms with Crippen LogP contribution in [-0.2, 0) is 4.79 Å². The second kappa shape index (κ2) is 5.93. The van der Waals surface area contributed by atoms with Crippen molar-refractivity contribution < 1.29 is 19.4 Å². The van der Waals surface area contributed by atoms with Gasteiger partial charge in [0.15, 0.2) is 11.5 Å². The quantitative estimate of drug-likeness (QED) is 0.877. The molecule has 0 spiro atoms.